The van der Waals surface area contributed by atoms with Gasteiger partial charge in [0.15, 0.2) is 23.1 Å². The molecule has 1 heterocycles. The van der Waals surface area contributed by atoms with Crippen molar-refractivity contribution in [2.45, 2.75) is 25.7 Å². The minimum absolute atomic E-state index is 0.158. The molecule has 1 aromatic carbocycles. The predicted molar refractivity (Wildman–Crippen MR) is 103 cm³/mol. The summed E-state index contributed by atoms with van der Waals surface area (Å²) < 4.78 is 14.2. The Labute approximate surface area is 171 Å². The number of rotatable bonds is 1. The van der Waals surface area contributed by atoms with E-state index in [0.717, 1.165) is 6.07 Å². The number of para-hydroxylation sites is 1. The van der Waals surface area contributed by atoms with E-state index in [2.05, 4.69) is 5.32 Å². The molecule has 3 aliphatic carbocycles. The summed E-state index contributed by atoms with van der Waals surface area (Å²) in [5.74, 6) is -5.32. The summed E-state index contributed by atoms with van der Waals surface area (Å²) in [7, 11) is 0. The minimum Gasteiger partial charge on any atom is -0.505 e. The number of aromatic hydroxyl groups is 1. The minimum atomic E-state index is -0.847. The van der Waals surface area contributed by atoms with Gasteiger partial charge in [-0.05, 0) is 37.8 Å². The van der Waals surface area contributed by atoms with E-state index in [1.54, 1.807) is 6.92 Å². The third kappa shape index (κ3) is 2.41. The first-order valence-corrected chi connectivity index (χ1v) is 9.82. The average Bonchev–Trinajstić information content (AvgIpc) is 3.01. The van der Waals surface area contributed by atoms with Gasteiger partial charge in [-0.1, -0.05) is 23.8 Å². The SMILES string of the molecule is CC1=CC(=O)C2=C(C[C@@H]3C(=CC[C@@H]4C(=O)NC(=O)[C@@H]43)[C@@H]2c2cccc(F)c2O)C1=O. The first-order valence-electron chi connectivity index (χ1n) is 9.82. The topological polar surface area (TPSA) is 101 Å². The van der Waals surface area contributed by atoms with Gasteiger partial charge in [-0.25, -0.2) is 4.39 Å². The number of fused-ring (bicyclic) bond motifs is 3. The van der Waals surface area contributed by atoms with Crippen molar-refractivity contribution < 1.29 is 28.7 Å². The highest BCUT2D eigenvalue weighted by atomic mass is 19.1. The van der Waals surface area contributed by atoms with Crippen molar-refractivity contribution in [1.29, 1.82) is 0 Å². The van der Waals surface area contributed by atoms with E-state index in [-0.39, 0.29) is 40.6 Å². The molecule has 152 valence electrons. The van der Waals surface area contributed by atoms with Gasteiger partial charge in [0.2, 0.25) is 11.8 Å². The van der Waals surface area contributed by atoms with Crippen LogP contribution in [0, 0.1) is 23.6 Å². The number of amides is 2. The smallest absolute Gasteiger partial charge is 0.231 e. The Morgan fingerprint density at radius 3 is 2.63 bits per heavy atom. The normalized spacial score (nSPS) is 30.3. The average molecular weight is 407 g/mol. The molecule has 0 spiro atoms. The highest BCUT2D eigenvalue weighted by Gasteiger charge is 2.53. The number of carbonyl (C=O) groups is 4. The quantitative estimate of drug-likeness (QED) is 0.423. The van der Waals surface area contributed by atoms with Crippen molar-refractivity contribution in [2.24, 2.45) is 17.8 Å². The van der Waals surface area contributed by atoms with Crippen LogP contribution < -0.4 is 5.32 Å². The fourth-order valence-corrected chi connectivity index (χ4v) is 5.41. The van der Waals surface area contributed by atoms with E-state index in [9.17, 15) is 28.7 Å². The number of imide groups is 1. The summed E-state index contributed by atoms with van der Waals surface area (Å²) in [6, 6.07) is 4.06. The molecule has 1 fully saturated rings. The Morgan fingerprint density at radius 2 is 1.87 bits per heavy atom. The van der Waals surface area contributed by atoms with Crippen LogP contribution in [0.25, 0.3) is 0 Å². The molecule has 0 radical (unpaired) electrons. The lowest BCUT2D eigenvalue weighted by Crippen LogP contribution is -2.39. The van der Waals surface area contributed by atoms with Crippen LogP contribution in [0.4, 0.5) is 4.39 Å². The fraction of sp³-hybridized carbons (Fsp3) is 0.304. The zero-order chi connectivity index (χ0) is 21.3. The molecule has 0 saturated carbocycles. The molecule has 0 aromatic heterocycles. The zero-order valence-electron chi connectivity index (χ0n) is 16.1. The molecule has 0 bridgehead atoms. The predicted octanol–water partition coefficient (Wildman–Crippen LogP) is 2.25. The monoisotopic (exact) mass is 407 g/mol. The third-order valence-corrected chi connectivity index (χ3v) is 6.73. The van der Waals surface area contributed by atoms with Gasteiger partial charge in [-0.15, -0.1) is 0 Å². The van der Waals surface area contributed by atoms with Crippen LogP contribution in [0.3, 0.4) is 0 Å². The molecule has 1 aromatic rings. The Bertz CT molecular complexity index is 1160. The molecule has 7 heteroatoms. The molecule has 1 saturated heterocycles. The number of hydrogen-bond acceptors (Lipinski definition) is 5. The van der Waals surface area contributed by atoms with Gasteiger partial charge in [-0.3, -0.25) is 24.5 Å². The second-order valence-corrected chi connectivity index (χ2v) is 8.26. The van der Waals surface area contributed by atoms with E-state index in [4.69, 9.17) is 0 Å². The van der Waals surface area contributed by atoms with E-state index >= 15 is 0 Å². The summed E-state index contributed by atoms with van der Waals surface area (Å²) in [6.45, 7) is 1.56. The molecular formula is C23H18FNO5. The van der Waals surface area contributed by atoms with Crippen LogP contribution >= 0.6 is 0 Å². The van der Waals surface area contributed by atoms with Crippen LogP contribution in [0.15, 0.2) is 52.6 Å². The number of allylic oxidation sites excluding steroid dienone is 6. The van der Waals surface area contributed by atoms with Crippen LogP contribution in [0.1, 0.15) is 31.2 Å². The maximum atomic E-state index is 14.2. The summed E-state index contributed by atoms with van der Waals surface area (Å²) >= 11 is 0. The van der Waals surface area contributed by atoms with Crippen molar-refractivity contribution in [3.05, 3.63) is 64.0 Å². The Balaban J connectivity index is 1.75. The van der Waals surface area contributed by atoms with Gasteiger partial charge < -0.3 is 5.11 Å². The van der Waals surface area contributed by atoms with Crippen molar-refractivity contribution in [3.63, 3.8) is 0 Å². The van der Waals surface area contributed by atoms with Crippen molar-refractivity contribution in [3.8, 4) is 5.75 Å². The van der Waals surface area contributed by atoms with Crippen molar-refractivity contribution in [1.82, 2.24) is 5.32 Å². The highest BCUT2D eigenvalue weighted by molar-refractivity contribution is 6.23. The summed E-state index contributed by atoms with van der Waals surface area (Å²) in [4.78, 5) is 50.7. The number of halogens is 1. The van der Waals surface area contributed by atoms with Gasteiger partial charge in [0.05, 0.1) is 11.8 Å². The molecule has 4 atom stereocenters. The van der Waals surface area contributed by atoms with Gasteiger partial charge in [0, 0.05) is 28.2 Å². The summed E-state index contributed by atoms with van der Waals surface area (Å²) in [6.07, 6.45) is 3.54. The molecular weight excluding hydrogens is 389 g/mol. The van der Waals surface area contributed by atoms with E-state index in [1.165, 1.54) is 18.2 Å². The molecule has 1 aliphatic heterocycles. The van der Waals surface area contributed by atoms with E-state index in [1.807, 2.05) is 6.08 Å². The second-order valence-electron chi connectivity index (χ2n) is 8.26. The molecule has 2 N–H and O–H groups in total. The molecule has 5 rings (SSSR count). The number of hydrogen-bond donors (Lipinski definition) is 2. The number of carbonyl (C=O) groups excluding carboxylic acids is 4. The van der Waals surface area contributed by atoms with E-state index < -0.39 is 41.1 Å². The second kappa shape index (κ2) is 6.32. The van der Waals surface area contributed by atoms with Crippen LogP contribution in [0.5, 0.6) is 5.75 Å². The summed E-state index contributed by atoms with van der Waals surface area (Å²) in [5, 5.41) is 12.8. The van der Waals surface area contributed by atoms with Crippen LogP contribution in [-0.2, 0) is 19.2 Å². The largest absolute Gasteiger partial charge is 0.505 e. The van der Waals surface area contributed by atoms with Gasteiger partial charge in [0.25, 0.3) is 0 Å². The zero-order valence-corrected chi connectivity index (χ0v) is 16.1. The lowest BCUT2D eigenvalue weighted by Gasteiger charge is -2.42. The molecule has 6 nitrogen and oxygen atoms in total. The number of benzene rings is 1. The van der Waals surface area contributed by atoms with Crippen LogP contribution in [0.2, 0.25) is 0 Å². The Kier molecular flexibility index (Phi) is 3.93. The van der Waals surface area contributed by atoms with Crippen molar-refractivity contribution in [2.75, 3.05) is 0 Å². The lowest BCUT2D eigenvalue weighted by atomic mass is 9.59. The van der Waals surface area contributed by atoms with Crippen LogP contribution in [-0.4, -0.2) is 28.5 Å². The Morgan fingerprint density at radius 1 is 1.10 bits per heavy atom. The fourth-order valence-electron chi connectivity index (χ4n) is 5.41. The number of ketones is 2. The first-order chi connectivity index (χ1) is 14.3. The molecule has 0 unspecified atom stereocenters. The molecule has 30 heavy (non-hydrogen) atoms. The number of phenols is 1. The lowest BCUT2D eigenvalue weighted by molar-refractivity contribution is -0.126. The number of Topliss-reactive ketones (excluding diaryl/α,β-unsaturated/α-hetero) is 1. The molecule has 4 aliphatic rings. The van der Waals surface area contributed by atoms with E-state index in [0.29, 0.717) is 17.6 Å². The standard InChI is InChI=1S/C23H18FNO5/c1-9-7-16(26)19-14(20(9)27)8-13-10(5-6-12-18(13)23(30)25-22(12)29)17(19)11-3-2-4-15(24)21(11)28/h2-5,7,12-13,17-18,28H,6,8H2,1H3,(H,25,29,30)/t12-,13+,17+,18-/m0/s1. The van der Waals surface area contributed by atoms with Crippen molar-refractivity contribution >= 4 is 23.4 Å². The Hall–Kier alpha value is -3.35. The number of phenolic OH excluding ortho intramolecular Hbond substituents is 1. The van der Waals surface area contributed by atoms with Gasteiger partial charge in [-0.2, -0.15) is 0 Å². The third-order valence-electron chi connectivity index (χ3n) is 6.73. The summed E-state index contributed by atoms with van der Waals surface area (Å²) in [5.41, 5.74) is 1.65. The maximum Gasteiger partial charge on any atom is 0.231 e. The highest BCUT2D eigenvalue weighted by Crippen LogP contribution is 2.55. The maximum absolute atomic E-state index is 14.2. The van der Waals surface area contributed by atoms with Gasteiger partial charge >= 0.3 is 0 Å². The van der Waals surface area contributed by atoms with Gasteiger partial charge in [0.1, 0.15) is 0 Å². The molecule has 2 amide bonds. The number of nitrogens with one attached hydrogen (secondary N) is 1. The first kappa shape index (κ1) is 18.7.